The van der Waals surface area contributed by atoms with Crippen LogP contribution in [0.15, 0.2) is 132 Å². The summed E-state index contributed by atoms with van der Waals surface area (Å²) in [7, 11) is -0.697. The Morgan fingerprint density at radius 2 is 1.24 bits per heavy atom. The Bertz CT molecular complexity index is 1720. The minimum absolute atomic E-state index is 0.00854. The molecule has 1 aliphatic heterocycles. The van der Waals surface area contributed by atoms with Crippen LogP contribution in [0.1, 0.15) is 46.2 Å². The lowest BCUT2D eigenvalue weighted by Gasteiger charge is -2.33. The molecule has 0 aromatic heterocycles. The molecule has 1 unspecified atom stereocenters. The molecule has 0 saturated heterocycles. The smallest absolute Gasteiger partial charge is 0.216 e. The largest absolute Gasteiger partial charge is 0.475 e. The van der Waals surface area contributed by atoms with Crippen molar-refractivity contribution in [3.63, 3.8) is 0 Å². The minimum Gasteiger partial charge on any atom is -0.475 e. The predicted octanol–water partition coefficient (Wildman–Crippen LogP) is 7.01. The van der Waals surface area contributed by atoms with E-state index < -0.39 is 7.92 Å². The second-order valence-corrected chi connectivity index (χ2v) is 14.0. The van der Waals surface area contributed by atoms with E-state index in [2.05, 4.69) is 127 Å². The number of rotatable bonds is 6. The first-order valence-corrected chi connectivity index (χ1v) is 16.5. The number of ether oxygens (including phenoxy) is 1. The van der Waals surface area contributed by atoms with E-state index in [4.69, 9.17) is 9.73 Å². The van der Waals surface area contributed by atoms with Gasteiger partial charge in [-0.05, 0) is 89.8 Å². The van der Waals surface area contributed by atoms with Crippen molar-refractivity contribution in [1.82, 2.24) is 0 Å². The fourth-order valence-corrected chi connectivity index (χ4v) is 10.3. The maximum atomic E-state index is 6.41. The monoisotopic (exact) mass is 563 g/mol. The number of nitrogens with zero attached hydrogens (tertiary/aromatic N) is 1. The topological polar surface area (TPSA) is 21.6 Å². The van der Waals surface area contributed by atoms with Gasteiger partial charge in [-0.2, -0.15) is 0 Å². The highest BCUT2D eigenvalue weighted by Crippen LogP contribution is 2.55. The molecule has 0 radical (unpaired) electrons. The van der Waals surface area contributed by atoms with E-state index >= 15 is 0 Å². The summed E-state index contributed by atoms with van der Waals surface area (Å²) in [6, 6.07) is 47.1. The van der Waals surface area contributed by atoms with Gasteiger partial charge < -0.3 is 4.74 Å². The zero-order valence-electron chi connectivity index (χ0n) is 23.7. The van der Waals surface area contributed by atoms with Gasteiger partial charge in [0.25, 0.3) is 0 Å². The molecule has 2 atom stereocenters. The van der Waals surface area contributed by atoms with E-state index in [1.807, 2.05) is 0 Å². The van der Waals surface area contributed by atoms with Crippen molar-refractivity contribution in [1.29, 1.82) is 0 Å². The summed E-state index contributed by atoms with van der Waals surface area (Å²) in [5.74, 6) is 0.841. The predicted molar refractivity (Wildman–Crippen MR) is 175 cm³/mol. The van der Waals surface area contributed by atoms with Crippen LogP contribution < -0.4 is 15.9 Å². The van der Waals surface area contributed by atoms with Crippen molar-refractivity contribution < 1.29 is 4.74 Å². The molecular formula is C39H34NOP. The molecule has 1 heterocycles. The molecule has 1 spiro atoms. The Hall–Kier alpha value is -4.00. The van der Waals surface area contributed by atoms with E-state index in [1.54, 1.807) is 5.56 Å². The fraction of sp³-hybridized carbons (Fsp3) is 0.205. The van der Waals surface area contributed by atoms with E-state index in [0.29, 0.717) is 6.61 Å². The van der Waals surface area contributed by atoms with Crippen molar-refractivity contribution in [2.75, 3.05) is 6.61 Å². The molecule has 0 bridgehead atoms. The maximum absolute atomic E-state index is 6.41. The molecule has 8 rings (SSSR count). The first kappa shape index (κ1) is 25.7. The number of aliphatic imine (C=N–C) groups is 1. The van der Waals surface area contributed by atoms with Crippen LogP contribution in [0, 0.1) is 0 Å². The minimum atomic E-state index is -0.697. The highest BCUT2D eigenvalue weighted by molar-refractivity contribution is 7.79. The van der Waals surface area contributed by atoms with Gasteiger partial charge in [0.1, 0.15) is 6.61 Å². The van der Waals surface area contributed by atoms with Gasteiger partial charge >= 0.3 is 0 Å². The van der Waals surface area contributed by atoms with E-state index in [-0.39, 0.29) is 11.5 Å². The molecule has 42 heavy (non-hydrogen) atoms. The Labute approximate surface area is 249 Å². The van der Waals surface area contributed by atoms with E-state index in [9.17, 15) is 0 Å². The van der Waals surface area contributed by atoms with Gasteiger partial charge in [-0.1, -0.05) is 121 Å². The standard InChI is InChI=1S/C39H34NOP/c1-4-12-28(13-5-1)26-31-27-41-38(40-31)34-20-10-14-29-22-24-39(36(29)34)25-23-30-15-11-21-35(37(30)39)42(32-16-6-2-7-17-32)33-18-8-3-9-19-33/h1-21,31H,22-27H2/t31?,39-/m0/s1. The molecule has 0 N–H and O–H groups in total. The zero-order valence-corrected chi connectivity index (χ0v) is 24.6. The summed E-state index contributed by atoms with van der Waals surface area (Å²) in [6.07, 6.45) is 5.43. The molecule has 5 aromatic rings. The van der Waals surface area contributed by atoms with Crippen LogP contribution in [0.3, 0.4) is 0 Å². The number of benzene rings is 5. The Balaban J connectivity index is 1.26. The molecular weight excluding hydrogens is 529 g/mol. The summed E-state index contributed by atoms with van der Waals surface area (Å²) >= 11 is 0. The second-order valence-electron chi connectivity index (χ2n) is 11.8. The first-order valence-electron chi connectivity index (χ1n) is 15.2. The average Bonchev–Trinajstić information content (AvgIpc) is 3.78. The Kier molecular flexibility index (Phi) is 6.53. The van der Waals surface area contributed by atoms with E-state index in [1.165, 1.54) is 43.7 Å². The summed E-state index contributed by atoms with van der Waals surface area (Å²) in [4.78, 5) is 5.19. The SMILES string of the molecule is c1ccc(CC2COC(c3cccc4c3[C@]3(CC4)CCc4cccc(P(c5ccccc5)c5ccccc5)c43)=N2)cc1. The third-order valence-electron chi connectivity index (χ3n) is 9.41. The normalized spacial score (nSPS) is 20.4. The van der Waals surface area contributed by atoms with Crippen LogP contribution in [0.5, 0.6) is 0 Å². The van der Waals surface area contributed by atoms with Gasteiger partial charge in [-0.3, -0.25) is 0 Å². The summed E-state index contributed by atoms with van der Waals surface area (Å²) < 4.78 is 6.41. The van der Waals surface area contributed by atoms with Crippen molar-refractivity contribution >= 4 is 29.7 Å². The zero-order chi connectivity index (χ0) is 27.9. The van der Waals surface area contributed by atoms with Gasteiger partial charge in [-0.15, -0.1) is 0 Å². The molecule has 0 saturated carbocycles. The number of hydrogen-bond donors (Lipinski definition) is 0. The van der Waals surface area contributed by atoms with Gasteiger partial charge in [0.15, 0.2) is 0 Å². The third kappa shape index (κ3) is 4.32. The van der Waals surface area contributed by atoms with Crippen molar-refractivity contribution in [3.05, 3.63) is 161 Å². The lowest BCUT2D eigenvalue weighted by atomic mass is 9.74. The van der Waals surface area contributed by atoms with Gasteiger partial charge in [0.05, 0.1) is 6.04 Å². The summed E-state index contributed by atoms with van der Waals surface area (Å²) in [6.45, 7) is 0.649. The van der Waals surface area contributed by atoms with Crippen LogP contribution in [0.25, 0.3) is 0 Å². The molecule has 3 heteroatoms. The van der Waals surface area contributed by atoms with Crippen LogP contribution in [0.2, 0.25) is 0 Å². The lowest BCUT2D eigenvalue weighted by Crippen LogP contribution is -2.32. The van der Waals surface area contributed by atoms with Gasteiger partial charge in [0.2, 0.25) is 5.90 Å². The van der Waals surface area contributed by atoms with Crippen LogP contribution in [-0.2, 0) is 29.4 Å². The highest BCUT2D eigenvalue weighted by Gasteiger charge is 2.49. The maximum Gasteiger partial charge on any atom is 0.216 e. The summed E-state index contributed by atoms with van der Waals surface area (Å²) in [5.41, 5.74) is 8.57. The number of hydrogen-bond acceptors (Lipinski definition) is 2. The van der Waals surface area contributed by atoms with Crippen molar-refractivity contribution in [2.45, 2.75) is 43.6 Å². The van der Waals surface area contributed by atoms with Crippen molar-refractivity contribution in [3.8, 4) is 0 Å². The highest BCUT2D eigenvalue weighted by atomic mass is 31.1. The second kappa shape index (κ2) is 10.7. The average molecular weight is 564 g/mol. The van der Waals surface area contributed by atoms with Crippen molar-refractivity contribution in [2.24, 2.45) is 4.99 Å². The lowest BCUT2D eigenvalue weighted by molar-refractivity contribution is 0.316. The van der Waals surface area contributed by atoms with Crippen LogP contribution in [0.4, 0.5) is 0 Å². The molecule has 5 aromatic carbocycles. The number of aryl methyl sites for hydroxylation is 2. The molecule has 0 amide bonds. The van der Waals surface area contributed by atoms with E-state index in [0.717, 1.165) is 38.0 Å². The van der Waals surface area contributed by atoms with Crippen LogP contribution in [-0.4, -0.2) is 18.5 Å². The fourth-order valence-electron chi connectivity index (χ4n) is 7.67. The quantitative estimate of drug-likeness (QED) is 0.204. The Morgan fingerprint density at radius 3 is 1.90 bits per heavy atom. The van der Waals surface area contributed by atoms with Gasteiger partial charge in [0, 0.05) is 11.0 Å². The van der Waals surface area contributed by atoms with Crippen LogP contribution >= 0.6 is 7.92 Å². The summed E-state index contributed by atoms with van der Waals surface area (Å²) in [5, 5.41) is 4.33. The molecule has 3 aliphatic rings. The first-order chi connectivity index (χ1) is 20.8. The number of fused-ring (bicyclic) bond motifs is 4. The third-order valence-corrected chi connectivity index (χ3v) is 11.9. The molecule has 206 valence electrons. The molecule has 2 aliphatic carbocycles. The molecule has 0 fully saturated rings. The molecule has 2 nitrogen and oxygen atoms in total. The Morgan fingerprint density at radius 1 is 0.643 bits per heavy atom. The van der Waals surface area contributed by atoms with Gasteiger partial charge in [-0.25, -0.2) is 4.99 Å².